The Bertz CT molecular complexity index is 951. The number of nitrogens with one attached hydrogen (secondary N) is 1. The number of unbranched alkanes of at least 4 members (excludes halogenated alkanes) is 1. The number of fused-ring (bicyclic) bond motifs is 1. The lowest BCUT2D eigenvalue weighted by molar-refractivity contribution is 0.185. The van der Waals surface area contributed by atoms with E-state index in [0.29, 0.717) is 12.6 Å². The average Bonchev–Trinajstić information content (AvgIpc) is 3.71. The largest absolute Gasteiger partial charge is 0.405 e. The number of halogens is 1. The zero-order valence-corrected chi connectivity index (χ0v) is 27.6. The molecule has 1 aromatic heterocycles. The quantitative estimate of drug-likeness (QED) is 0.161. The molecule has 1 saturated carbocycles. The summed E-state index contributed by atoms with van der Waals surface area (Å²) in [5, 5.41) is 3.45. The van der Waals surface area contributed by atoms with Crippen LogP contribution in [0.25, 0.3) is 0 Å². The first-order chi connectivity index (χ1) is 20.5. The smallest absolute Gasteiger partial charge is 0.130 e. The molecule has 6 nitrogen and oxygen atoms in total. The number of nitrogens with two attached hydrogens (primary N) is 1. The number of aryl methyl sites for hydroxylation is 2. The van der Waals surface area contributed by atoms with Crippen LogP contribution in [0.4, 0.5) is 10.2 Å². The van der Waals surface area contributed by atoms with Gasteiger partial charge in [-0.25, -0.2) is 4.98 Å². The molecule has 3 N–H and O–H groups in total. The van der Waals surface area contributed by atoms with Gasteiger partial charge in [0.2, 0.25) is 0 Å². The molecule has 2 aliphatic heterocycles. The molecule has 238 valence electrons. The van der Waals surface area contributed by atoms with Gasteiger partial charge >= 0.3 is 0 Å². The van der Waals surface area contributed by atoms with Crippen molar-refractivity contribution in [3.05, 3.63) is 49.3 Å². The highest BCUT2D eigenvalue weighted by Gasteiger charge is 2.52. The molecule has 2 atom stereocenters. The topological polar surface area (TPSA) is 78.9 Å². The number of aromatic nitrogens is 1. The Balaban J connectivity index is 0.00000116. The van der Waals surface area contributed by atoms with E-state index in [9.17, 15) is 4.39 Å². The van der Waals surface area contributed by atoms with Crippen molar-refractivity contribution in [2.75, 3.05) is 44.8 Å². The number of anilines is 1. The maximum absolute atomic E-state index is 13.6. The molecule has 0 bridgehead atoms. The summed E-state index contributed by atoms with van der Waals surface area (Å²) in [5.74, 6) is 1.83. The molecule has 0 saturated heterocycles. The molecule has 1 aromatic rings. The second-order valence-electron chi connectivity index (χ2n) is 11.2. The van der Waals surface area contributed by atoms with Crippen molar-refractivity contribution in [1.82, 2.24) is 9.88 Å². The third kappa shape index (κ3) is 11.3. The fourth-order valence-electron chi connectivity index (χ4n) is 5.93. The summed E-state index contributed by atoms with van der Waals surface area (Å²) in [4.78, 5) is 16.8. The Morgan fingerprint density at radius 1 is 1.14 bits per heavy atom. The molecular weight excluding hydrogens is 523 g/mol. The predicted octanol–water partition coefficient (Wildman–Crippen LogP) is 8.05. The van der Waals surface area contributed by atoms with Crippen LogP contribution in [0, 0.1) is 17.3 Å². The molecule has 1 aliphatic carbocycles. The zero-order chi connectivity index (χ0) is 31.4. The van der Waals surface area contributed by atoms with Crippen LogP contribution in [-0.4, -0.2) is 60.8 Å². The summed E-state index contributed by atoms with van der Waals surface area (Å²) in [5.41, 5.74) is 9.95. The Hall–Kier alpha value is -2.54. The lowest BCUT2D eigenvalue weighted by Gasteiger charge is -2.30. The highest BCUT2D eigenvalue weighted by Crippen LogP contribution is 2.55. The predicted molar refractivity (Wildman–Crippen MR) is 183 cm³/mol. The van der Waals surface area contributed by atoms with Gasteiger partial charge in [0.15, 0.2) is 0 Å². The van der Waals surface area contributed by atoms with Crippen LogP contribution in [0.2, 0.25) is 0 Å². The lowest BCUT2D eigenvalue weighted by Crippen LogP contribution is -2.35. The summed E-state index contributed by atoms with van der Waals surface area (Å²) in [6.07, 6.45) is 12.4. The fraction of sp³-hybridized carbons (Fsp3) is 0.686. The molecule has 3 heterocycles. The molecule has 0 amide bonds. The number of hydrogen-bond donors (Lipinski definition) is 2. The molecular formula is C35H61FN6. The summed E-state index contributed by atoms with van der Waals surface area (Å²) in [7, 11) is 0. The highest BCUT2D eigenvalue weighted by molar-refractivity contribution is 6.45. The van der Waals surface area contributed by atoms with E-state index in [1.807, 2.05) is 13.8 Å². The Morgan fingerprint density at radius 2 is 1.86 bits per heavy atom. The minimum Gasteiger partial charge on any atom is -0.405 e. The van der Waals surface area contributed by atoms with E-state index in [1.54, 1.807) is 0 Å². The molecule has 0 spiro atoms. The Kier molecular flexibility index (Phi) is 18.9. The first kappa shape index (κ1) is 37.5. The van der Waals surface area contributed by atoms with Gasteiger partial charge in [-0.1, -0.05) is 47.3 Å². The van der Waals surface area contributed by atoms with Crippen molar-refractivity contribution in [1.29, 1.82) is 0 Å². The number of rotatable bonds is 15. The van der Waals surface area contributed by atoms with E-state index in [0.717, 1.165) is 76.9 Å². The summed E-state index contributed by atoms with van der Waals surface area (Å²) >= 11 is 0. The average molecular weight is 585 g/mol. The number of alkyl halides is 1. The van der Waals surface area contributed by atoms with Crippen molar-refractivity contribution < 1.29 is 4.39 Å². The van der Waals surface area contributed by atoms with Crippen LogP contribution in [0.1, 0.15) is 97.2 Å². The number of aliphatic imine (C=N–C) groups is 2. The van der Waals surface area contributed by atoms with Crippen molar-refractivity contribution in [3.63, 3.8) is 0 Å². The minimum absolute atomic E-state index is 0.145. The molecule has 2 unspecified atom stereocenters. The van der Waals surface area contributed by atoms with E-state index in [2.05, 4.69) is 73.6 Å². The minimum atomic E-state index is -0.217. The second kappa shape index (κ2) is 21.2. The van der Waals surface area contributed by atoms with Crippen LogP contribution in [0.15, 0.2) is 48.1 Å². The number of nitrogens with zero attached hydrogens (tertiary/aromatic N) is 4. The van der Waals surface area contributed by atoms with Crippen LogP contribution in [-0.2, 0) is 12.8 Å². The van der Waals surface area contributed by atoms with Crippen molar-refractivity contribution >= 4 is 17.2 Å². The summed E-state index contributed by atoms with van der Waals surface area (Å²) < 4.78 is 13.6. The standard InChI is InChI=1S/C29H46FN5.C2H5N.C2H6.C2H4/c1-4-23(19-30)20-35(17-7-6-10-25-12-11-24-9-8-16-31-28(24)34-25)18-13-22(3)29(14-15-29)27-26(5-2)32-21-33-27;1-2-3;2*1-2/h11-12,22-23H,4-10,13-21H2,1-3H3,(H,31,34);2H,1,3H2;1-2H3;1-2H2. The van der Waals surface area contributed by atoms with Gasteiger partial charge in [-0.05, 0) is 107 Å². The fourth-order valence-corrected chi connectivity index (χ4v) is 5.93. The molecule has 7 heteroatoms. The van der Waals surface area contributed by atoms with Crippen LogP contribution in [0.5, 0.6) is 0 Å². The summed E-state index contributed by atoms with van der Waals surface area (Å²) in [6, 6.07) is 4.46. The molecule has 4 rings (SSSR count). The third-order valence-electron chi connectivity index (χ3n) is 8.60. The normalized spacial score (nSPS) is 17.3. The van der Waals surface area contributed by atoms with Gasteiger partial charge in [0, 0.05) is 24.2 Å². The zero-order valence-electron chi connectivity index (χ0n) is 27.6. The van der Waals surface area contributed by atoms with Gasteiger partial charge in [0.25, 0.3) is 0 Å². The van der Waals surface area contributed by atoms with Crippen molar-refractivity contribution in [2.24, 2.45) is 33.0 Å². The maximum Gasteiger partial charge on any atom is 0.130 e. The first-order valence-electron chi connectivity index (χ1n) is 16.4. The second-order valence-corrected chi connectivity index (χ2v) is 11.2. The molecule has 42 heavy (non-hydrogen) atoms. The molecule has 0 radical (unpaired) electrons. The van der Waals surface area contributed by atoms with Gasteiger partial charge in [-0.15, -0.1) is 13.2 Å². The Morgan fingerprint density at radius 3 is 2.48 bits per heavy atom. The van der Waals surface area contributed by atoms with E-state index in [-0.39, 0.29) is 18.0 Å². The van der Waals surface area contributed by atoms with E-state index >= 15 is 0 Å². The molecule has 0 aromatic carbocycles. The van der Waals surface area contributed by atoms with Crippen LogP contribution < -0.4 is 11.1 Å². The van der Waals surface area contributed by atoms with Crippen molar-refractivity contribution in [2.45, 2.75) is 98.8 Å². The van der Waals surface area contributed by atoms with E-state index in [4.69, 9.17) is 9.98 Å². The van der Waals surface area contributed by atoms with Gasteiger partial charge in [0.05, 0.1) is 18.1 Å². The van der Waals surface area contributed by atoms with Gasteiger partial charge in [0.1, 0.15) is 12.5 Å². The number of hydrogen-bond acceptors (Lipinski definition) is 6. The van der Waals surface area contributed by atoms with Crippen LogP contribution >= 0.6 is 0 Å². The Labute approximate surface area is 257 Å². The number of pyridine rings is 1. The first-order valence-corrected chi connectivity index (χ1v) is 16.4. The third-order valence-corrected chi connectivity index (χ3v) is 8.60. The summed E-state index contributed by atoms with van der Waals surface area (Å²) in [6.45, 7) is 24.3. The van der Waals surface area contributed by atoms with Crippen LogP contribution in [0.3, 0.4) is 0 Å². The lowest BCUT2D eigenvalue weighted by atomic mass is 9.81. The molecule has 1 fully saturated rings. The van der Waals surface area contributed by atoms with Crippen molar-refractivity contribution in [3.8, 4) is 0 Å². The van der Waals surface area contributed by atoms with Gasteiger partial charge in [-0.2, -0.15) is 0 Å². The highest BCUT2D eigenvalue weighted by atomic mass is 19.1. The maximum atomic E-state index is 13.6. The monoisotopic (exact) mass is 584 g/mol. The molecule has 3 aliphatic rings. The van der Waals surface area contributed by atoms with E-state index in [1.165, 1.54) is 48.1 Å². The van der Waals surface area contributed by atoms with E-state index < -0.39 is 0 Å². The van der Waals surface area contributed by atoms with Gasteiger partial charge in [-0.3, -0.25) is 14.4 Å². The SMILES string of the molecule is C=C.C=CN.CC.CCC1=NCN=C1C1(C(C)CCN(CCCCc2ccc3c(n2)NCCC3)CC(CC)CF)CC1. The van der Waals surface area contributed by atoms with Gasteiger partial charge < -0.3 is 16.0 Å².